The molecule has 0 aromatic carbocycles. The lowest BCUT2D eigenvalue weighted by atomic mass is 9.74. The van der Waals surface area contributed by atoms with E-state index in [1.165, 1.54) is 0 Å². The molecule has 1 unspecified atom stereocenters. The number of hydrogen-bond donors (Lipinski definition) is 1. The van der Waals surface area contributed by atoms with Crippen molar-refractivity contribution in [3.63, 3.8) is 0 Å². The zero-order valence-corrected chi connectivity index (χ0v) is 7.87. The molecule has 0 aliphatic rings. The Kier molecular flexibility index (Phi) is 2.84. The Morgan fingerprint density at radius 3 is 1.82 bits per heavy atom. The van der Waals surface area contributed by atoms with Crippen molar-refractivity contribution in [2.24, 2.45) is 11.1 Å². The average molecular weight is 159 g/mol. The van der Waals surface area contributed by atoms with Gasteiger partial charge in [0.05, 0.1) is 0 Å². The van der Waals surface area contributed by atoms with Crippen LogP contribution < -0.4 is 5.73 Å². The molecule has 0 heterocycles. The maximum absolute atomic E-state index is 13.9. The molecule has 2 N–H and O–H groups in total. The summed E-state index contributed by atoms with van der Waals surface area (Å²) in [5, 5.41) is 0. The topological polar surface area (TPSA) is 26.0 Å². The van der Waals surface area contributed by atoms with Gasteiger partial charge in [0.1, 0.15) is 5.67 Å². The van der Waals surface area contributed by atoms with Gasteiger partial charge in [-0.2, -0.15) is 0 Å². The fraction of sp³-hybridized carbons (Fsp3) is 0.778. The molecule has 0 aliphatic carbocycles. The largest absolute Gasteiger partial charge is 0.327 e. The van der Waals surface area contributed by atoms with E-state index in [9.17, 15) is 4.39 Å². The van der Waals surface area contributed by atoms with Crippen LogP contribution in [0, 0.1) is 5.41 Å². The van der Waals surface area contributed by atoms with Gasteiger partial charge >= 0.3 is 0 Å². The average Bonchev–Trinajstić information content (AvgIpc) is 1.83. The molecule has 1 atom stereocenters. The summed E-state index contributed by atoms with van der Waals surface area (Å²) in [6.45, 7) is 10.8. The van der Waals surface area contributed by atoms with Crippen molar-refractivity contribution in [1.29, 1.82) is 0 Å². The van der Waals surface area contributed by atoms with E-state index in [2.05, 4.69) is 6.58 Å². The fourth-order valence-electron chi connectivity index (χ4n) is 1.12. The van der Waals surface area contributed by atoms with Gasteiger partial charge in [0, 0.05) is 12.0 Å². The summed E-state index contributed by atoms with van der Waals surface area (Å²) in [6, 6.07) is 0. The second-order valence-electron chi connectivity index (χ2n) is 4.04. The van der Waals surface area contributed by atoms with E-state index in [0.29, 0.717) is 5.57 Å². The summed E-state index contributed by atoms with van der Waals surface area (Å²) in [4.78, 5) is 0. The lowest BCUT2D eigenvalue weighted by molar-refractivity contribution is 0.0760. The minimum atomic E-state index is -1.44. The third kappa shape index (κ3) is 1.80. The highest BCUT2D eigenvalue weighted by molar-refractivity contribution is 5.15. The molecule has 0 saturated carbocycles. The first-order valence-electron chi connectivity index (χ1n) is 3.80. The van der Waals surface area contributed by atoms with E-state index in [1.54, 1.807) is 6.92 Å². The molecule has 66 valence electrons. The second kappa shape index (κ2) is 2.94. The van der Waals surface area contributed by atoms with Crippen molar-refractivity contribution in [3.8, 4) is 0 Å². The number of rotatable bonds is 2. The molecular weight excluding hydrogens is 141 g/mol. The highest BCUT2D eigenvalue weighted by Gasteiger charge is 2.41. The zero-order valence-electron chi connectivity index (χ0n) is 7.87. The van der Waals surface area contributed by atoms with Crippen LogP contribution in [0.4, 0.5) is 4.39 Å². The zero-order chi connectivity index (χ0) is 9.28. The lowest BCUT2D eigenvalue weighted by Crippen LogP contribution is -2.45. The van der Waals surface area contributed by atoms with E-state index < -0.39 is 11.1 Å². The fourth-order valence-corrected chi connectivity index (χ4v) is 1.12. The predicted molar refractivity (Wildman–Crippen MR) is 47.2 cm³/mol. The number of alkyl halides is 1. The second-order valence-corrected chi connectivity index (χ2v) is 4.04. The van der Waals surface area contributed by atoms with Crippen LogP contribution in [0.2, 0.25) is 0 Å². The lowest BCUT2D eigenvalue weighted by Gasteiger charge is -2.37. The summed E-state index contributed by atoms with van der Waals surface area (Å²) in [6.07, 6.45) is 0. The normalized spacial score (nSPS) is 17.6. The SMILES string of the molecule is C=C(C)C(F)(CN)C(C)(C)C. The molecule has 0 amide bonds. The van der Waals surface area contributed by atoms with Gasteiger partial charge < -0.3 is 5.73 Å². The first-order chi connectivity index (χ1) is 4.75. The standard InChI is InChI=1S/C9H18FN/c1-7(2)9(10,6-11)8(3,4)5/h1,6,11H2,2-5H3. The van der Waals surface area contributed by atoms with Gasteiger partial charge in [-0.1, -0.05) is 27.4 Å². The Morgan fingerprint density at radius 2 is 1.82 bits per heavy atom. The Labute approximate surface area is 68.5 Å². The molecule has 0 bridgehead atoms. The molecule has 2 heteroatoms. The summed E-state index contributed by atoms with van der Waals surface area (Å²) in [5.41, 5.74) is 3.96. The maximum atomic E-state index is 13.9. The van der Waals surface area contributed by atoms with Crippen LogP contribution in [0.5, 0.6) is 0 Å². The first-order valence-corrected chi connectivity index (χ1v) is 3.80. The third-order valence-electron chi connectivity index (χ3n) is 2.15. The molecule has 0 aromatic heterocycles. The number of halogens is 1. The summed E-state index contributed by atoms with van der Waals surface area (Å²) >= 11 is 0. The van der Waals surface area contributed by atoms with Crippen LogP contribution in [0.15, 0.2) is 12.2 Å². The van der Waals surface area contributed by atoms with Gasteiger partial charge in [0.2, 0.25) is 0 Å². The first kappa shape index (κ1) is 10.6. The van der Waals surface area contributed by atoms with Crippen molar-refractivity contribution in [2.45, 2.75) is 33.4 Å². The molecule has 0 aromatic rings. The molecule has 11 heavy (non-hydrogen) atoms. The molecular formula is C9H18FN. The Balaban J connectivity index is 4.75. The number of nitrogens with two attached hydrogens (primary N) is 1. The summed E-state index contributed by atoms with van der Waals surface area (Å²) in [7, 11) is 0. The van der Waals surface area contributed by atoms with Gasteiger partial charge in [0.15, 0.2) is 0 Å². The van der Waals surface area contributed by atoms with Gasteiger partial charge in [-0.25, -0.2) is 4.39 Å². The van der Waals surface area contributed by atoms with Crippen LogP contribution >= 0.6 is 0 Å². The van der Waals surface area contributed by atoms with Gasteiger partial charge in [-0.15, -0.1) is 0 Å². The maximum Gasteiger partial charge on any atom is 0.148 e. The van der Waals surface area contributed by atoms with Crippen molar-refractivity contribution in [2.75, 3.05) is 6.54 Å². The summed E-state index contributed by atoms with van der Waals surface area (Å²) in [5.74, 6) is 0. The van der Waals surface area contributed by atoms with Crippen LogP contribution in [0.1, 0.15) is 27.7 Å². The van der Waals surface area contributed by atoms with Crippen molar-refractivity contribution >= 4 is 0 Å². The Bertz CT molecular complexity index is 157. The molecule has 1 nitrogen and oxygen atoms in total. The predicted octanol–water partition coefficient (Wildman–Crippen LogP) is 2.28. The minimum absolute atomic E-state index is 0.00579. The van der Waals surface area contributed by atoms with Crippen molar-refractivity contribution < 1.29 is 4.39 Å². The van der Waals surface area contributed by atoms with E-state index in [1.807, 2.05) is 20.8 Å². The van der Waals surface area contributed by atoms with Crippen LogP contribution in [0.25, 0.3) is 0 Å². The van der Waals surface area contributed by atoms with E-state index in [4.69, 9.17) is 5.73 Å². The molecule has 0 rings (SSSR count). The smallest absolute Gasteiger partial charge is 0.148 e. The van der Waals surface area contributed by atoms with Gasteiger partial charge in [0.25, 0.3) is 0 Å². The Hall–Kier alpha value is -0.370. The molecule has 0 fully saturated rings. The quantitative estimate of drug-likeness (QED) is 0.614. The van der Waals surface area contributed by atoms with Crippen molar-refractivity contribution in [3.05, 3.63) is 12.2 Å². The molecule has 0 spiro atoms. The monoisotopic (exact) mass is 159 g/mol. The molecule has 0 aliphatic heterocycles. The van der Waals surface area contributed by atoms with Crippen molar-refractivity contribution in [1.82, 2.24) is 0 Å². The van der Waals surface area contributed by atoms with Gasteiger partial charge in [-0.3, -0.25) is 0 Å². The van der Waals surface area contributed by atoms with E-state index in [-0.39, 0.29) is 6.54 Å². The van der Waals surface area contributed by atoms with E-state index >= 15 is 0 Å². The summed E-state index contributed by atoms with van der Waals surface area (Å²) < 4.78 is 13.9. The molecule has 0 radical (unpaired) electrons. The Morgan fingerprint density at radius 1 is 1.45 bits per heavy atom. The third-order valence-corrected chi connectivity index (χ3v) is 2.15. The van der Waals surface area contributed by atoms with Crippen LogP contribution in [-0.4, -0.2) is 12.2 Å². The van der Waals surface area contributed by atoms with Gasteiger partial charge in [-0.05, 0) is 12.5 Å². The highest BCUT2D eigenvalue weighted by Crippen LogP contribution is 2.38. The van der Waals surface area contributed by atoms with Crippen LogP contribution in [0.3, 0.4) is 0 Å². The minimum Gasteiger partial charge on any atom is -0.327 e. The molecule has 0 saturated heterocycles. The highest BCUT2D eigenvalue weighted by atomic mass is 19.1. The van der Waals surface area contributed by atoms with E-state index in [0.717, 1.165) is 0 Å². The number of hydrogen-bond acceptors (Lipinski definition) is 1. The van der Waals surface area contributed by atoms with Crippen LogP contribution in [-0.2, 0) is 0 Å².